The summed E-state index contributed by atoms with van der Waals surface area (Å²) in [6.45, 7) is 5.33. The van der Waals surface area contributed by atoms with Crippen LogP contribution in [0.1, 0.15) is 37.5 Å². The number of nitrogens with zero attached hydrogens (tertiary/aromatic N) is 1. The van der Waals surface area contributed by atoms with Crippen molar-refractivity contribution in [3.63, 3.8) is 0 Å². The van der Waals surface area contributed by atoms with Gasteiger partial charge >= 0.3 is 6.09 Å². The van der Waals surface area contributed by atoms with Crippen LogP contribution in [0.4, 0.5) is 16.2 Å². The summed E-state index contributed by atoms with van der Waals surface area (Å²) in [6.07, 6.45) is -0.447. The van der Waals surface area contributed by atoms with Crippen molar-refractivity contribution in [1.82, 2.24) is 0 Å². The van der Waals surface area contributed by atoms with Crippen molar-refractivity contribution < 1.29 is 9.53 Å². The quantitative estimate of drug-likeness (QED) is 0.633. The highest BCUT2D eigenvalue weighted by atomic mass is 16.6. The Kier molecular flexibility index (Phi) is 5.88. The summed E-state index contributed by atoms with van der Waals surface area (Å²) in [7, 11) is 0. The van der Waals surface area contributed by atoms with E-state index in [4.69, 9.17) is 15.7 Å². The van der Waals surface area contributed by atoms with Crippen molar-refractivity contribution in [2.75, 3.05) is 11.1 Å². The van der Waals surface area contributed by atoms with E-state index in [2.05, 4.69) is 23.2 Å². The average Bonchev–Trinajstić information content (AvgIpc) is 2.55. The van der Waals surface area contributed by atoms with Gasteiger partial charge in [-0.3, -0.25) is 5.32 Å². The number of ether oxygens (including phenoxy) is 1. The number of carbonyl (C=O) groups is 1. The van der Waals surface area contributed by atoms with Crippen LogP contribution in [0.25, 0.3) is 0 Å². The van der Waals surface area contributed by atoms with Gasteiger partial charge in [0.25, 0.3) is 0 Å². The highest BCUT2D eigenvalue weighted by Crippen LogP contribution is 2.25. The Morgan fingerprint density at radius 1 is 1.19 bits per heavy atom. The molecule has 0 unspecified atom stereocenters. The van der Waals surface area contributed by atoms with E-state index in [1.54, 1.807) is 32.9 Å². The van der Waals surface area contributed by atoms with Gasteiger partial charge in [0.1, 0.15) is 5.60 Å². The van der Waals surface area contributed by atoms with Gasteiger partial charge in [-0.2, -0.15) is 5.26 Å². The molecule has 5 nitrogen and oxygen atoms in total. The summed E-state index contributed by atoms with van der Waals surface area (Å²) in [5, 5.41) is 11.7. The molecular formula is C21H21N3O2. The highest BCUT2D eigenvalue weighted by molar-refractivity contribution is 5.90. The molecule has 1 amide bonds. The van der Waals surface area contributed by atoms with Gasteiger partial charge in [-0.05, 0) is 50.6 Å². The number of carbonyl (C=O) groups excluding carboxylic acids is 1. The standard InChI is InChI=1S/C21H21N3O2/c1-21(2,3)26-20(25)24-19-14-17(11-12-22)16(13-18(19)23)10-9-15-7-5-4-6-8-15/h4-8,13-14H,11,23H2,1-3H3,(H,24,25). The van der Waals surface area contributed by atoms with Crippen LogP contribution in [0.15, 0.2) is 42.5 Å². The van der Waals surface area contributed by atoms with Crippen molar-refractivity contribution in [1.29, 1.82) is 5.26 Å². The Morgan fingerprint density at radius 2 is 1.88 bits per heavy atom. The number of nitrogens with one attached hydrogen (secondary N) is 1. The van der Waals surface area contributed by atoms with Gasteiger partial charge in [0.05, 0.1) is 23.9 Å². The maximum absolute atomic E-state index is 12.0. The number of hydrogen-bond acceptors (Lipinski definition) is 4. The second-order valence-corrected chi connectivity index (χ2v) is 6.67. The van der Waals surface area contributed by atoms with E-state index in [0.29, 0.717) is 22.5 Å². The van der Waals surface area contributed by atoms with Gasteiger partial charge < -0.3 is 10.5 Å². The molecule has 0 bridgehead atoms. The molecular weight excluding hydrogens is 326 g/mol. The smallest absolute Gasteiger partial charge is 0.412 e. The summed E-state index contributed by atoms with van der Waals surface area (Å²) >= 11 is 0. The van der Waals surface area contributed by atoms with Crippen molar-refractivity contribution in [3.8, 4) is 17.9 Å². The van der Waals surface area contributed by atoms with Crippen LogP contribution in [0.3, 0.4) is 0 Å². The van der Waals surface area contributed by atoms with Crippen molar-refractivity contribution in [2.24, 2.45) is 0 Å². The first-order valence-corrected chi connectivity index (χ1v) is 8.15. The fraction of sp³-hybridized carbons (Fsp3) is 0.238. The first-order chi connectivity index (χ1) is 12.3. The second kappa shape index (κ2) is 8.09. The van der Waals surface area contributed by atoms with Crippen molar-refractivity contribution in [3.05, 3.63) is 59.2 Å². The zero-order chi connectivity index (χ0) is 19.2. The Hall–Kier alpha value is -3.44. The fourth-order valence-corrected chi connectivity index (χ4v) is 2.19. The summed E-state index contributed by atoms with van der Waals surface area (Å²) in [5.41, 5.74) is 8.40. The minimum Gasteiger partial charge on any atom is -0.444 e. The molecule has 0 heterocycles. The molecule has 0 aromatic heterocycles. The van der Waals surface area contributed by atoms with E-state index in [1.165, 1.54) is 0 Å². The number of nitrogens with two attached hydrogens (primary N) is 1. The van der Waals surface area contributed by atoms with Crippen molar-refractivity contribution in [2.45, 2.75) is 32.8 Å². The summed E-state index contributed by atoms with van der Waals surface area (Å²) in [5.74, 6) is 6.10. The van der Waals surface area contributed by atoms with Crippen molar-refractivity contribution >= 4 is 17.5 Å². The molecule has 5 heteroatoms. The first-order valence-electron chi connectivity index (χ1n) is 8.15. The summed E-state index contributed by atoms with van der Waals surface area (Å²) in [4.78, 5) is 12.0. The minimum atomic E-state index is -0.616. The lowest BCUT2D eigenvalue weighted by Crippen LogP contribution is -2.27. The topological polar surface area (TPSA) is 88.1 Å². The van der Waals surface area contributed by atoms with Gasteiger partial charge in [0.2, 0.25) is 0 Å². The molecule has 0 saturated carbocycles. The van der Waals surface area contributed by atoms with Crippen LogP contribution in [0.5, 0.6) is 0 Å². The lowest BCUT2D eigenvalue weighted by atomic mass is 10.0. The third kappa shape index (κ3) is 5.58. The molecule has 2 aromatic rings. The second-order valence-electron chi connectivity index (χ2n) is 6.67. The van der Waals surface area contributed by atoms with Crippen LogP contribution >= 0.6 is 0 Å². The van der Waals surface area contributed by atoms with Crippen LogP contribution in [-0.4, -0.2) is 11.7 Å². The number of hydrogen-bond donors (Lipinski definition) is 2. The molecule has 0 aliphatic carbocycles. The minimum absolute atomic E-state index is 0.155. The molecule has 2 aromatic carbocycles. The molecule has 0 radical (unpaired) electrons. The normalized spacial score (nSPS) is 10.2. The fourth-order valence-electron chi connectivity index (χ4n) is 2.19. The monoisotopic (exact) mass is 347 g/mol. The van der Waals surface area contributed by atoms with Crippen LogP contribution in [-0.2, 0) is 11.2 Å². The number of anilines is 2. The van der Waals surface area contributed by atoms with Gasteiger partial charge in [-0.25, -0.2) is 4.79 Å². The summed E-state index contributed by atoms with van der Waals surface area (Å²) < 4.78 is 5.23. The van der Waals surface area contributed by atoms with Crippen LogP contribution in [0, 0.1) is 23.2 Å². The Labute approximate surface area is 153 Å². The molecule has 0 aliphatic heterocycles. The number of nitrogen functional groups attached to an aromatic ring is 1. The van der Waals surface area contributed by atoms with Crippen LogP contribution in [0.2, 0.25) is 0 Å². The Balaban J connectivity index is 2.32. The van der Waals surface area contributed by atoms with Gasteiger partial charge in [0.15, 0.2) is 0 Å². The molecule has 0 fully saturated rings. The average molecular weight is 347 g/mol. The van der Waals surface area contributed by atoms with E-state index >= 15 is 0 Å². The Morgan fingerprint density at radius 3 is 2.50 bits per heavy atom. The maximum Gasteiger partial charge on any atom is 0.412 e. The van der Waals surface area contributed by atoms with E-state index in [9.17, 15) is 4.79 Å². The number of benzene rings is 2. The zero-order valence-electron chi connectivity index (χ0n) is 15.1. The maximum atomic E-state index is 12.0. The van der Waals surface area contributed by atoms with Gasteiger partial charge in [-0.15, -0.1) is 0 Å². The number of rotatable bonds is 2. The molecule has 26 heavy (non-hydrogen) atoms. The highest BCUT2D eigenvalue weighted by Gasteiger charge is 2.17. The first kappa shape index (κ1) is 18.9. The molecule has 132 valence electrons. The lowest BCUT2D eigenvalue weighted by Gasteiger charge is -2.20. The third-order valence-corrected chi connectivity index (χ3v) is 3.30. The Bertz CT molecular complexity index is 895. The van der Waals surface area contributed by atoms with Gasteiger partial charge in [0, 0.05) is 11.1 Å². The largest absolute Gasteiger partial charge is 0.444 e. The predicted octanol–water partition coefficient (Wildman–Crippen LogP) is 4.08. The molecule has 2 rings (SSSR count). The molecule has 0 saturated heterocycles. The van der Waals surface area contributed by atoms with E-state index in [-0.39, 0.29) is 6.42 Å². The number of nitriles is 1. The molecule has 0 spiro atoms. The van der Waals surface area contributed by atoms with E-state index < -0.39 is 11.7 Å². The molecule has 3 N–H and O–H groups in total. The van der Waals surface area contributed by atoms with Gasteiger partial charge in [-0.1, -0.05) is 30.0 Å². The molecule has 0 atom stereocenters. The summed E-state index contributed by atoms with van der Waals surface area (Å²) in [6, 6.07) is 15.0. The van der Waals surface area contributed by atoms with Crippen LogP contribution < -0.4 is 11.1 Å². The van der Waals surface area contributed by atoms with E-state index in [1.807, 2.05) is 30.3 Å². The van der Waals surface area contributed by atoms with E-state index in [0.717, 1.165) is 5.56 Å². The lowest BCUT2D eigenvalue weighted by molar-refractivity contribution is 0.0636. The zero-order valence-corrected chi connectivity index (χ0v) is 15.1. The third-order valence-electron chi connectivity index (χ3n) is 3.30. The molecule has 0 aliphatic rings. The predicted molar refractivity (Wildman–Crippen MR) is 102 cm³/mol. The SMILES string of the molecule is CC(C)(C)OC(=O)Nc1cc(CC#N)c(C#Cc2ccccc2)cc1N. The number of amides is 1.